The number of nitrogens with two attached hydrogens (primary N) is 1. The molecule has 1 amide bonds. The van der Waals surface area contributed by atoms with Gasteiger partial charge in [-0.2, -0.15) is 0 Å². The molecule has 0 fully saturated rings. The molecule has 0 bridgehead atoms. The fourth-order valence-corrected chi connectivity index (χ4v) is 1.48. The van der Waals surface area contributed by atoms with E-state index in [0.717, 1.165) is 25.0 Å². The van der Waals surface area contributed by atoms with Crippen LogP contribution in [0.4, 0.5) is 0 Å². The molecule has 18 heavy (non-hydrogen) atoms. The van der Waals surface area contributed by atoms with Gasteiger partial charge in [-0.05, 0) is 37.8 Å². The standard InChI is InChI=1S/C14H27N3O/c1-5-13(8-9-16-4)17-14(18)12(3)7-6-11(2)10-15/h8-9,11-12H,5-7,10,15H2,1-4H3,(H,17,18)/b13-8+,16-9?/t11-,12?/m1/s1. The van der Waals surface area contributed by atoms with Gasteiger partial charge in [0.25, 0.3) is 0 Å². The van der Waals surface area contributed by atoms with Crippen molar-refractivity contribution in [2.75, 3.05) is 13.6 Å². The van der Waals surface area contributed by atoms with E-state index in [9.17, 15) is 4.79 Å². The largest absolute Gasteiger partial charge is 0.330 e. The number of hydrogen-bond donors (Lipinski definition) is 2. The lowest BCUT2D eigenvalue weighted by molar-refractivity contribution is -0.124. The van der Waals surface area contributed by atoms with Gasteiger partial charge < -0.3 is 11.1 Å². The number of nitrogens with one attached hydrogen (secondary N) is 1. The molecule has 104 valence electrons. The number of amides is 1. The van der Waals surface area contributed by atoms with E-state index in [1.54, 1.807) is 13.3 Å². The van der Waals surface area contributed by atoms with Gasteiger partial charge in [-0.25, -0.2) is 0 Å². The van der Waals surface area contributed by atoms with E-state index in [1.165, 1.54) is 0 Å². The molecule has 0 aromatic heterocycles. The maximum Gasteiger partial charge on any atom is 0.226 e. The van der Waals surface area contributed by atoms with Gasteiger partial charge in [0.1, 0.15) is 0 Å². The number of hydrogen-bond acceptors (Lipinski definition) is 3. The highest BCUT2D eigenvalue weighted by Gasteiger charge is 2.14. The molecule has 0 spiro atoms. The third-order valence-electron chi connectivity index (χ3n) is 3.03. The first kappa shape index (κ1) is 16.8. The van der Waals surface area contributed by atoms with Gasteiger partial charge in [-0.15, -0.1) is 0 Å². The molecule has 4 nitrogen and oxygen atoms in total. The van der Waals surface area contributed by atoms with Crippen molar-refractivity contribution in [2.45, 2.75) is 40.0 Å². The fourth-order valence-electron chi connectivity index (χ4n) is 1.48. The molecule has 0 aromatic carbocycles. The highest BCUT2D eigenvalue weighted by Crippen LogP contribution is 2.12. The second kappa shape index (κ2) is 9.83. The predicted octanol–water partition coefficient (Wildman–Crippen LogP) is 2.11. The zero-order chi connectivity index (χ0) is 14.0. The third-order valence-corrected chi connectivity index (χ3v) is 3.03. The van der Waals surface area contributed by atoms with Crippen LogP contribution >= 0.6 is 0 Å². The maximum atomic E-state index is 11.9. The van der Waals surface area contributed by atoms with Gasteiger partial charge in [0.05, 0.1) is 0 Å². The van der Waals surface area contributed by atoms with Gasteiger partial charge >= 0.3 is 0 Å². The van der Waals surface area contributed by atoms with E-state index in [1.807, 2.05) is 19.9 Å². The maximum absolute atomic E-state index is 11.9. The summed E-state index contributed by atoms with van der Waals surface area (Å²) in [6.45, 7) is 6.76. The summed E-state index contributed by atoms with van der Waals surface area (Å²) < 4.78 is 0. The van der Waals surface area contributed by atoms with Crippen LogP contribution in [0.2, 0.25) is 0 Å². The SMILES string of the molecule is CC/C(=C\C=NC)NC(=O)C(C)CC[C@@H](C)CN. The van der Waals surface area contributed by atoms with Crippen molar-refractivity contribution in [1.82, 2.24) is 5.32 Å². The van der Waals surface area contributed by atoms with Crippen LogP contribution in [-0.2, 0) is 4.79 Å². The predicted molar refractivity (Wildman–Crippen MR) is 77.5 cm³/mol. The summed E-state index contributed by atoms with van der Waals surface area (Å²) >= 11 is 0. The Morgan fingerprint density at radius 2 is 2.06 bits per heavy atom. The molecule has 3 N–H and O–H groups in total. The quantitative estimate of drug-likeness (QED) is 0.651. The van der Waals surface area contributed by atoms with Gasteiger partial charge in [0.15, 0.2) is 0 Å². The number of aliphatic imine (C=N–C) groups is 1. The Bertz CT molecular complexity index is 297. The van der Waals surface area contributed by atoms with Crippen LogP contribution in [0.1, 0.15) is 40.0 Å². The molecule has 0 aliphatic heterocycles. The average molecular weight is 253 g/mol. The Morgan fingerprint density at radius 3 is 2.56 bits per heavy atom. The van der Waals surface area contributed by atoms with Gasteiger partial charge in [0.2, 0.25) is 5.91 Å². The minimum absolute atomic E-state index is 0.0208. The highest BCUT2D eigenvalue weighted by molar-refractivity contribution is 5.81. The Morgan fingerprint density at radius 1 is 1.39 bits per heavy atom. The molecule has 0 aliphatic carbocycles. The van der Waals surface area contributed by atoms with E-state index in [2.05, 4.69) is 17.2 Å². The summed E-state index contributed by atoms with van der Waals surface area (Å²) in [6.07, 6.45) is 6.20. The smallest absolute Gasteiger partial charge is 0.226 e. The Balaban J connectivity index is 4.21. The van der Waals surface area contributed by atoms with Crippen molar-refractivity contribution in [3.63, 3.8) is 0 Å². The lowest BCUT2D eigenvalue weighted by Gasteiger charge is -2.15. The Labute approximate surface area is 111 Å². The van der Waals surface area contributed by atoms with Crippen molar-refractivity contribution in [1.29, 1.82) is 0 Å². The van der Waals surface area contributed by atoms with Crippen LogP contribution in [0.3, 0.4) is 0 Å². The van der Waals surface area contributed by atoms with Gasteiger partial charge in [-0.3, -0.25) is 9.79 Å². The number of allylic oxidation sites excluding steroid dienone is 2. The monoisotopic (exact) mass is 253 g/mol. The second-order valence-electron chi connectivity index (χ2n) is 4.76. The fraction of sp³-hybridized carbons (Fsp3) is 0.714. The van der Waals surface area contributed by atoms with Crippen LogP contribution in [0.5, 0.6) is 0 Å². The Kier molecular flexibility index (Phi) is 9.19. The van der Waals surface area contributed by atoms with E-state index in [0.29, 0.717) is 12.5 Å². The third kappa shape index (κ3) is 7.22. The minimum atomic E-state index is 0.0208. The molecular formula is C14H27N3O. The highest BCUT2D eigenvalue weighted by atomic mass is 16.1. The zero-order valence-electron chi connectivity index (χ0n) is 12.1. The van der Waals surface area contributed by atoms with Crippen molar-refractivity contribution < 1.29 is 4.79 Å². The van der Waals surface area contributed by atoms with Crippen molar-refractivity contribution in [3.05, 3.63) is 11.8 Å². The summed E-state index contributed by atoms with van der Waals surface area (Å²) in [6, 6.07) is 0. The molecule has 4 heteroatoms. The van der Waals surface area contributed by atoms with E-state index < -0.39 is 0 Å². The summed E-state index contributed by atoms with van der Waals surface area (Å²) in [4.78, 5) is 15.8. The summed E-state index contributed by atoms with van der Waals surface area (Å²) in [5.41, 5.74) is 6.47. The molecule has 1 unspecified atom stereocenters. The van der Waals surface area contributed by atoms with Gasteiger partial charge in [0, 0.05) is 24.9 Å². The van der Waals surface area contributed by atoms with Crippen LogP contribution in [0, 0.1) is 11.8 Å². The molecule has 0 aliphatic rings. The van der Waals surface area contributed by atoms with Crippen molar-refractivity contribution in [3.8, 4) is 0 Å². The molecule has 0 saturated heterocycles. The molecule has 0 heterocycles. The lowest BCUT2D eigenvalue weighted by Crippen LogP contribution is -2.29. The zero-order valence-corrected chi connectivity index (χ0v) is 12.1. The molecular weight excluding hydrogens is 226 g/mol. The van der Waals surface area contributed by atoms with Crippen LogP contribution < -0.4 is 11.1 Å². The normalized spacial score (nSPS) is 15.7. The van der Waals surface area contributed by atoms with E-state index in [-0.39, 0.29) is 11.8 Å². The summed E-state index contributed by atoms with van der Waals surface area (Å²) in [7, 11) is 1.71. The minimum Gasteiger partial charge on any atom is -0.330 e. The van der Waals surface area contributed by atoms with Crippen LogP contribution in [0.25, 0.3) is 0 Å². The number of carbonyl (C=O) groups is 1. The Hall–Kier alpha value is -1.16. The molecule has 0 saturated carbocycles. The second-order valence-corrected chi connectivity index (χ2v) is 4.76. The van der Waals surface area contributed by atoms with Crippen molar-refractivity contribution in [2.24, 2.45) is 22.6 Å². The van der Waals surface area contributed by atoms with Crippen LogP contribution in [-0.4, -0.2) is 25.7 Å². The molecule has 0 radical (unpaired) electrons. The van der Waals surface area contributed by atoms with Gasteiger partial charge in [-0.1, -0.05) is 20.8 Å². The first-order chi connectivity index (χ1) is 8.54. The first-order valence-electron chi connectivity index (χ1n) is 6.67. The number of rotatable bonds is 8. The average Bonchev–Trinajstić information content (AvgIpc) is 2.39. The topological polar surface area (TPSA) is 67.5 Å². The van der Waals surface area contributed by atoms with E-state index >= 15 is 0 Å². The van der Waals surface area contributed by atoms with E-state index in [4.69, 9.17) is 5.73 Å². The lowest BCUT2D eigenvalue weighted by atomic mass is 9.97. The first-order valence-corrected chi connectivity index (χ1v) is 6.67. The summed E-state index contributed by atoms with van der Waals surface area (Å²) in [5.74, 6) is 0.581. The number of carbonyl (C=O) groups excluding carboxylic acids is 1. The number of nitrogens with zero attached hydrogens (tertiary/aromatic N) is 1. The molecule has 0 aromatic rings. The summed E-state index contributed by atoms with van der Waals surface area (Å²) in [5, 5.41) is 2.94. The molecule has 0 rings (SSSR count). The van der Waals surface area contributed by atoms with Crippen LogP contribution in [0.15, 0.2) is 16.8 Å². The van der Waals surface area contributed by atoms with Crippen molar-refractivity contribution >= 4 is 12.1 Å². The molecule has 2 atom stereocenters.